The summed E-state index contributed by atoms with van der Waals surface area (Å²) in [6, 6.07) is 7.89. The maximum Gasteiger partial charge on any atom is 0.137 e. The summed E-state index contributed by atoms with van der Waals surface area (Å²) in [6.45, 7) is 7.47. The Morgan fingerprint density at radius 1 is 1.38 bits per heavy atom. The molecular formula is C11H10N2. The van der Waals surface area contributed by atoms with Crippen molar-refractivity contribution in [2.24, 2.45) is 0 Å². The van der Waals surface area contributed by atoms with Crippen molar-refractivity contribution in [1.82, 2.24) is 9.97 Å². The van der Waals surface area contributed by atoms with E-state index in [4.69, 9.17) is 0 Å². The van der Waals surface area contributed by atoms with E-state index in [2.05, 4.69) is 23.1 Å². The first-order valence-electron chi connectivity index (χ1n) is 4.08. The average Bonchev–Trinajstić information content (AvgIpc) is 2.59. The van der Waals surface area contributed by atoms with Crippen LogP contribution in [0.1, 0.15) is 5.82 Å². The highest BCUT2D eigenvalue weighted by molar-refractivity contribution is 5.79. The fourth-order valence-corrected chi connectivity index (χ4v) is 1.20. The van der Waals surface area contributed by atoms with Crippen molar-refractivity contribution in [1.29, 1.82) is 0 Å². The number of benzene rings is 1. The molecule has 2 nitrogen and oxygen atoms in total. The second kappa shape index (κ2) is 2.90. The maximum atomic E-state index is 4.36. The van der Waals surface area contributed by atoms with Gasteiger partial charge in [0.2, 0.25) is 0 Å². The molecule has 0 aliphatic heterocycles. The first kappa shape index (κ1) is 7.80. The summed E-state index contributed by atoms with van der Waals surface area (Å²) in [5, 5.41) is 0. The molecule has 1 heterocycles. The lowest BCUT2D eigenvalue weighted by atomic mass is 10.3. The smallest absolute Gasteiger partial charge is 0.137 e. The normalized spacial score (nSPS) is 10.2. The molecule has 0 radical (unpaired) electrons. The first-order chi connectivity index (χ1) is 6.31. The molecule has 2 rings (SSSR count). The molecule has 2 aromatic rings. The molecule has 0 fully saturated rings. The van der Waals surface area contributed by atoms with Gasteiger partial charge in [-0.15, -0.1) is 0 Å². The summed E-state index contributed by atoms with van der Waals surface area (Å²) in [4.78, 5) is 7.52. The minimum absolute atomic E-state index is 0.788. The van der Waals surface area contributed by atoms with E-state index < -0.39 is 0 Å². The van der Waals surface area contributed by atoms with Crippen LogP contribution in [0, 0.1) is 0 Å². The van der Waals surface area contributed by atoms with Gasteiger partial charge in [-0.05, 0) is 12.1 Å². The number of imidazole rings is 1. The van der Waals surface area contributed by atoms with Crippen LogP contribution in [0.15, 0.2) is 43.5 Å². The summed E-state index contributed by atoms with van der Waals surface area (Å²) in [7, 11) is 0. The van der Waals surface area contributed by atoms with Crippen molar-refractivity contribution in [3.63, 3.8) is 0 Å². The zero-order valence-electron chi connectivity index (χ0n) is 7.25. The molecule has 1 aromatic heterocycles. The van der Waals surface area contributed by atoms with Crippen LogP contribution in [-0.4, -0.2) is 9.97 Å². The first-order valence-corrected chi connectivity index (χ1v) is 4.08. The number of fused-ring (bicyclic) bond motifs is 1. The van der Waals surface area contributed by atoms with Gasteiger partial charge < -0.3 is 4.98 Å². The predicted octanol–water partition coefficient (Wildman–Crippen LogP) is 2.76. The molecule has 13 heavy (non-hydrogen) atoms. The molecule has 0 unspecified atom stereocenters. The highest BCUT2D eigenvalue weighted by atomic mass is 14.9. The lowest BCUT2D eigenvalue weighted by molar-refractivity contribution is 1.27. The Hall–Kier alpha value is -1.83. The molecule has 0 aliphatic carbocycles. The summed E-state index contributed by atoms with van der Waals surface area (Å²) in [6.07, 6.45) is 1.69. The summed E-state index contributed by atoms with van der Waals surface area (Å²) >= 11 is 0. The van der Waals surface area contributed by atoms with E-state index in [0.29, 0.717) is 0 Å². The molecule has 1 aromatic carbocycles. The summed E-state index contributed by atoms with van der Waals surface area (Å²) < 4.78 is 0. The van der Waals surface area contributed by atoms with Gasteiger partial charge in [0.15, 0.2) is 0 Å². The lowest BCUT2D eigenvalue weighted by Gasteiger charge is -1.89. The van der Waals surface area contributed by atoms with Crippen LogP contribution in [0.2, 0.25) is 0 Å². The number of para-hydroxylation sites is 2. The Bertz CT molecular complexity index is 433. The van der Waals surface area contributed by atoms with E-state index in [1.54, 1.807) is 6.08 Å². The fourth-order valence-electron chi connectivity index (χ4n) is 1.20. The number of hydrogen-bond donors (Lipinski definition) is 1. The van der Waals surface area contributed by atoms with Crippen molar-refractivity contribution >= 4 is 16.6 Å². The van der Waals surface area contributed by atoms with Gasteiger partial charge >= 0.3 is 0 Å². The minimum atomic E-state index is 0.788. The predicted molar refractivity (Wildman–Crippen MR) is 55.3 cm³/mol. The van der Waals surface area contributed by atoms with Gasteiger partial charge in [-0.25, -0.2) is 4.98 Å². The molecule has 0 spiro atoms. The number of hydrogen-bond acceptors (Lipinski definition) is 1. The molecule has 2 heteroatoms. The SMILES string of the molecule is C=CC(=C)c1nc2ccccc2[nH]1. The van der Waals surface area contributed by atoms with Crippen LogP contribution in [0.3, 0.4) is 0 Å². The van der Waals surface area contributed by atoms with Crippen LogP contribution in [-0.2, 0) is 0 Å². The Balaban J connectivity index is 2.62. The maximum absolute atomic E-state index is 4.36. The monoisotopic (exact) mass is 170 g/mol. The van der Waals surface area contributed by atoms with E-state index in [9.17, 15) is 0 Å². The number of nitrogens with zero attached hydrogens (tertiary/aromatic N) is 1. The van der Waals surface area contributed by atoms with Crippen molar-refractivity contribution in [3.05, 3.63) is 49.3 Å². The van der Waals surface area contributed by atoms with Crippen LogP contribution >= 0.6 is 0 Å². The van der Waals surface area contributed by atoms with Gasteiger partial charge in [0.1, 0.15) is 5.82 Å². The van der Waals surface area contributed by atoms with E-state index >= 15 is 0 Å². The number of allylic oxidation sites excluding steroid dienone is 2. The Labute approximate surface area is 76.6 Å². The zero-order chi connectivity index (χ0) is 9.26. The third-order valence-electron chi connectivity index (χ3n) is 1.94. The number of aromatic nitrogens is 2. The molecule has 64 valence electrons. The second-order valence-corrected chi connectivity index (χ2v) is 2.83. The average molecular weight is 170 g/mol. The second-order valence-electron chi connectivity index (χ2n) is 2.83. The van der Waals surface area contributed by atoms with Gasteiger partial charge in [-0.2, -0.15) is 0 Å². The van der Waals surface area contributed by atoms with Gasteiger partial charge in [-0.3, -0.25) is 0 Å². The van der Waals surface area contributed by atoms with Crippen molar-refractivity contribution in [2.45, 2.75) is 0 Å². The minimum Gasteiger partial charge on any atom is -0.338 e. The van der Waals surface area contributed by atoms with Crippen molar-refractivity contribution < 1.29 is 0 Å². The van der Waals surface area contributed by atoms with Crippen LogP contribution in [0.4, 0.5) is 0 Å². The van der Waals surface area contributed by atoms with Crippen LogP contribution in [0.25, 0.3) is 16.6 Å². The lowest BCUT2D eigenvalue weighted by Crippen LogP contribution is -1.79. The van der Waals surface area contributed by atoms with Gasteiger partial charge in [0, 0.05) is 5.57 Å². The van der Waals surface area contributed by atoms with E-state index in [1.807, 2.05) is 24.3 Å². The Kier molecular flexibility index (Phi) is 1.74. The highest BCUT2D eigenvalue weighted by Crippen LogP contribution is 2.15. The van der Waals surface area contributed by atoms with E-state index in [-0.39, 0.29) is 0 Å². The zero-order valence-corrected chi connectivity index (χ0v) is 7.25. The van der Waals surface area contributed by atoms with Crippen LogP contribution < -0.4 is 0 Å². The van der Waals surface area contributed by atoms with E-state index in [0.717, 1.165) is 22.4 Å². The number of nitrogens with one attached hydrogen (secondary N) is 1. The molecule has 0 saturated carbocycles. The molecule has 0 saturated heterocycles. The van der Waals surface area contributed by atoms with Gasteiger partial charge in [0.25, 0.3) is 0 Å². The van der Waals surface area contributed by atoms with Gasteiger partial charge in [0.05, 0.1) is 11.0 Å². The standard InChI is InChI=1S/C11H10N2/c1-3-8(2)11-12-9-6-4-5-7-10(9)13-11/h3-7H,1-2H2,(H,12,13). The van der Waals surface area contributed by atoms with E-state index in [1.165, 1.54) is 0 Å². The Morgan fingerprint density at radius 2 is 2.15 bits per heavy atom. The number of H-pyrrole nitrogens is 1. The fraction of sp³-hybridized carbons (Fsp3) is 0. The summed E-state index contributed by atoms with van der Waals surface area (Å²) in [5.41, 5.74) is 2.80. The number of aromatic amines is 1. The van der Waals surface area contributed by atoms with Crippen molar-refractivity contribution in [2.75, 3.05) is 0 Å². The summed E-state index contributed by atoms with van der Waals surface area (Å²) in [5.74, 6) is 0.788. The molecular weight excluding hydrogens is 160 g/mol. The quantitative estimate of drug-likeness (QED) is 0.690. The third kappa shape index (κ3) is 1.26. The number of rotatable bonds is 2. The molecule has 0 aliphatic rings. The molecule has 0 amide bonds. The van der Waals surface area contributed by atoms with Crippen LogP contribution in [0.5, 0.6) is 0 Å². The largest absolute Gasteiger partial charge is 0.338 e. The topological polar surface area (TPSA) is 28.7 Å². The molecule has 1 N–H and O–H groups in total. The molecule has 0 bridgehead atoms. The Morgan fingerprint density at radius 3 is 2.85 bits per heavy atom. The van der Waals surface area contributed by atoms with Crippen molar-refractivity contribution in [3.8, 4) is 0 Å². The highest BCUT2D eigenvalue weighted by Gasteiger charge is 2.01. The third-order valence-corrected chi connectivity index (χ3v) is 1.94. The molecule has 0 atom stereocenters. The van der Waals surface area contributed by atoms with Gasteiger partial charge in [-0.1, -0.05) is 31.4 Å².